The Labute approximate surface area is 128 Å². The average Bonchev–Trinajstić information content (AvgIpc) is 2.63. The van der Waals surface area contributed by atoms with Gasteiger partial charge in [-0.1, -0.05) is 0 Å². The molecule has 0 radical (unpaired) electrons. The van der Waals surface area contributed by atoms with Crippen molar-refractivity contribution in [3.8, 4) is 0 Å². The number of nitrogen functional groups attached to an aromatic ring is 2. The zero-order chi connectivity index (χ0) is 18.1. The van der Waals surface area contributed by atoms with Crippen LogP contribution in [0.3, 0.4) is 0 Å². The van der Waals surface area contributed by atoms with Crippen molar-refractivity contribution in [2.75, 3.05) is 11.5 Å². The van der Waals surface area contributed by atoms with Crippen molar-refractivity contribution in [3.63, 3.8) is 0 Å². The van der Waals surface area contributed by atoms with Gasteiger partial charge in [0.05, 0.1) is 10.8 Å². The third-order valence-electron chi connectivity index (χ3n) is 3.05. The summed E-state index contributed by atoms with van der Waals surface area (Å²) in [6, 6.07) is -1.72. The van der Waals surface area contributed by atoms with E-state index in [2.05, 4.69) is 5.10 Å². The second kappa shape index (κ2) is 5.76. The minimum atomic E-state index is -2.45. The van der Waals surface area contributed by atoms with E-state index in [9.17, 15) is 15.2 Å². The van der Waals surface area contributed by atoms with E-state index in [4.69, 9.17) is 44.9 Å². The van der Waals surface area contributed by atoms with Crippen molar-refractivity contribution < 1.29 is 10.0 Å². The Morgan fingerprint density at radius 3 is 2.17 bits per heavy atom. The number of amidine groups is 3. The lowest BCUT2D eigenvalue weighted by Gasteiger charge is -2.34. The Hall–Kier alpha value is -3.42. The first-order valence-corrected chi connectivity index (χ1v) is 5.95. The van der Waals surface area contributed by atoms with Crippen LogP contribution in [0.15, 0.2) is 0 Å². The van der Waals surface area contributed by atoms with E-state index in [0.29, 0.717) is 4.68 Å². The summed E-state index contributed by atoms with van der Waals surface area (Å²) in [5.74, 6) is -3.40. The number of hydrogen-bond donors (Lipinski definition) is 9. The number of aliphatic hydroxyl groups is 1. The van der Waals surface area contributed by atoms with Crippen molar-refractivity contribution in [2.45, 2.75) is 18.1 Å². The summed E-state index contributed by atoms with van der Waals surface area (Å²) < 4.78 is 0.611. The monoisotopic (exact) mass is 327 g/mol. The molecule has 0 bridgehead atoms. The van der Waals surface area contributed by atoms with Gasteiger partial charge in [0.15, 0.2) is 5.60 Å². The molecular weight excluding hydrogens is 310 g/mol. The fourth-order valence-corrected chi connectivity index (χ4v) is 2.06. The molecule has 1 rings (SSSR count). The Kier molecular flexibility index (Phi) is 4.41. The maximum atomic E-state index is 10.9. The number of rotatable bonds is 7. The molecule has 1 aromatic heterocycles. The number of hydrogen-bond acceptors (Lipinski definition) is 9. The van der Waals surface area contributed by atoms with Crippen LogP contribution in [0.4, 0.5) is 17.3 Å². The standard InChI is InChI=1S/C9H17N11O3/c10-2(11)1-9(21,8(16)17)4(5(12)13)19-7(15)3(20(22)23)6(14)18-19/h4,21H,1,15H2,(H3,10,11)(H3,12,13)(H2,14,18)(H3,16,17). The largest absolute Gasteiger partial charge is 0.388 e. The van der Waals surface area contributed by atoms with Gasteiger partial charge in [0.25, 0.3) is 0 Å². The van der Waals surface area contributed by atoms with Crippen LogP contribution in [0, 0.1) is 26.3 Å². The molecule has 0 spiro atoms. The Bertz CT molecular complexity index is 695. The minimum absolute atomic E-state index is 0.567. The fraction of sp³-hybridized carbons (Fsp3) is 0.333. The maximum Gasteiger partial charge on any atom is 0.354 e. The summed E-state index contributed by atoms with van der Waals surface area (Å²) in [4.78, 5) is 10.0. The molecule has 14 nitrogen and oxygen atoms in total. The van der Waals surface area contributed by atoms with E-state index in [-0.39, 0.29) is 0 Å². The molecule has 1 heterocycles. The lowest BCUT2D eigenvalue weighted by molar-refractivity contribution is -0.383. The summed E-state index contributed by atoms with van der Waals surface area (Å²) in [5.41, 5.74) is 23.8. The van der Waals surface area contributed by atoms with Crippen LogP contribution >= 0.6 is 0 Å². The van der Waals surface area contributed by atoms with Gasteiger partial charge in [-0.3, -0.25) is 26.3 Å². The van der Waals surface area contributed by atoms with E-state index in [1.165, 1.54) is 0 Å². The van der Waals surface area contributed by atoms with Crippen LogP contribution in [-0.2, 0) is 0 Å². The SMILES string of the molecule is N=C(N)CC(O)(C(=N)N)C(C(=N)N)n1nc(N)c([N+](=O)[O-])c1N. The molecule has 126 valence electrons. The van der Waals surface area contributed by atoms with E-state index >= 15 is 0 Å². The number of nitrogens with two attached hydrogens (primary N) is 5. The van der Waals surface area contributed by atoms with Crippen molar-refractivity contribution >= 4 is 34.8 Å². The fourth-order valence-electron chi connectivity index (χ4n) is 2.06. The Morgan fingerprint density at radius 1 is 1.35 bits per heavy atom. The highest BCUT2D eigenvalue weighted by Crippen LogP contribution is 2.35. The van der Waals surface area contributed by atoms with Crippen LogP contribution in [0.5, 0.6) is 0 Å². The third-order valence-corrected chi connectivity index (χ3v) is 3.05. The van der Waals surface area contributed by atoms with E-state index in [1.54, 1.807) is 0 Å². The maximum absolute atomic E-state index is 10.9. The van der Waals surface area contributed by atoms with Gasteiger partial charge in [0.2, 0.25) is 11.6 Å². The van der Waals surface area contributed by atoms with E-state index in [1.807, 2.05) is 0 Å². The van der Waals surface area contributed by atoms with Gasteiger partial charge in [-0.25, -0.2) is 4.68 Å². The Balaban J connectivity index is 3.63. The summed E-state index contributed by atoms with van der Waals surface area (Å²) in [6.45, 7) is 0. The summed E-state index contributed by atoms with van der Waals surface area (Å²) in [7, 11) is 0. The molecule has 0 aliphatic carbocycles. The lowest BCUT2D eigenvalue weighted by Crippen LogP contribution is -2.56. The van der Waals surface area contributed by atoms with Crippen molar-refractivity contribution in [1.82, 2.24) is 9.78 Å². The lowest BCUT2D eigenvalue weighted by atomic mass is 9.88. The molecule has 0 saturated heterocycles. The molecule has 0 saturated carbocycles. The molecule has 2 unspecified atom stereocenters. The molecule has 14 heteroatoms. The molecule has 23 heavy (non-hydrogen) atoms. The van der Waals surface area contributed by atoms with Gasteiger partial charge in [-0.05, 0) is 0 Å². The first-order valence-electron chi connectivity index (χ1n) is 5.95. The van der Waals surface area contributed by atoms with Crippen molar-refractivity contribution in [2.24, 2.45) is 17.2 Å². The predicted octanol–water partition coefficient (Wildman–Crippen LogP) is -2.57. The van der Waals surface area contributed by atoms with Gasteiger partial charge >= 0.3 is 5.69 Å². The van der Waals surface area contributed by atoms with Crippen molar-refractivity contribution in [1.29, 1.82) is 16.2 Å². The summed E-state index contributed by atoms with van der Waals surface area (Å²) in [6.07, 6.45) is -0.681. The smallest absolute Gasteiger partial charge is 0.354 e. The third kappa shape index (κ3) is 2.95. The number of nitrogens with one attached hydrogen (secondary N) is 3. The second-order valence-corrected chi connectivity index (χ2v) is 4.72. The molecule has 0 aliphatic heterocycles. The van der Waals surface area contributed by atoms with E-state index in [0.717, 1.165) is 0 Å². The number of aromatic nitrogens is 2. The molecule has 0 fully saturated rings. The number of anilines is 2. The zero-order valence-electron chi connectivity index (χ0n) is 11.8. The van der Waals surface area contributed by atoms with Crippen LogP contribution in [-0.4, -0.2) is 42.9 Å². The van der Waals surface area contributed by atoms with Crippen LogP contribution in [0.25, 0.3) is 0 Å². The molecule has 2 atom stereocenters. The van der Waals surface area contributed by atoms with Crippen LogP contribution in [0.1, 0.15) is 12.5 Å². The van der Waals surface area contributed by atoms with E-state index < -0.39 is 57.8 Å². The molecule has 14 N–H and O–H groups in total. The zero-order valence-corrected chi connectivity index (χ0v) is 11.8. The first kappa shape index (κ1) is 17.6. The van der Waals surface area contributed by atoms with Gasteiger partial charge in [-0.2, -0.15) is 0 Å². The molecule has 0 aliphatic rings. The topological polar surface area (TPSA) is 283 Å². The minimum Gasteiger partial charge on any atom is -0.388 e. The highest BCUT2D eigenvalue weighted by Gasteiger charge is 2.46. The van der Waals surface area contributed by atoms with Gasteiger partial charge in [0, 0.05) is 6.42 Å². The number of nitrogens with zero attached hydrogens (tertiary/aromatic N) is 3. The van der Waals surface area contributed by atoms with Gasteiger partial charge in [0.1, 0.15) is 17.7 Å². The normalized spacial score (nSPS) is 14.7. The first-order chi connectivity index (χ1) is 10.4. The summed E-state index contributed by atoms with van der Waals surface area (Å²) >= 11 is 0. The van der Waals surface area contributed by atoms with Gasteiger partial charge in [-0.15, -0.1) is 5.10 Å². The van der Waals surface area contributed by atoms with Gasteiger partial charge < -0.3 is 33.8 Å². The molecule has 1 aromatic rings. The highest BCUT2D eigenvalue weighted by molar-refractivity contribution is 5.98. The Morgan fingerprint density at radius 2 is 1.87 bits per heavy atom. The summed E-state index contributed by atoms with van der Waals surface area (Å²) in [5, 5.41) is 47.5. The predicted molar refractivity (Wildman–Crippen MR) is 82.1 cm³/mol. The quantitative estimate of drug-likeness (QED) is 0.110. The second-order valence-electron chi connectivity index (χ2n) is 4.72. The highest BCUT2D eigenvalue weighted by atomic mass is 16.6. The number of nitro groups is 1. The van der Waals surface area contributed by atoms with Crippen LogP contribution < -0.4 is 28.7 Å². The van der Waals surface area contributed by atoms with Crippen molar-refractivity contribution in [3.05, 3.63) is 10.1 Å². The average molecular weight is 327 g/mol. The molecule has 0 aromatic carbocycles. The van der Waals surface area contributed by atoms with Crippen LogP contribution in [0.2, 0.25) is 0 Å². The molecular formula is C9H17N11O3. The molecule has 0 amide bonds.